The van der Waals surface area contributed by atoms with Crippen molar-refractivity contribution in [2.45, 2.75) is 18.2 Å². The van der Waals surface area contributed by atoms with Gasteiger partial charge in [0.15, 0.2) is 5.82 Å². The molecule has 196 valence electrons. The maximum Gasteiger partial charge on any atom is 0.280 e. The van der Waals surface area contributed by atoms with E-state index in [1.807, 2.05) is 36.4 Å². The first-order valence-electron chi connectivity index (χ1n) is 12.0. The molecule has 0 aliphatic carbocycles. The highest BCUT2D eigenvalue weighted by molar-refractivity contribution is 5.98. The van der Waals surface area contributed by atoms with Gasteiger partial charge in [-0.1, -0.05) is 42.5 Å². The fourth-order valence-electron chi connectivity index (χ4n) is 4.43. The number of nitrogens with two attached hydrogens (primary N) is 1. The molecule has 5 rings (SSSR count). The number of hydrogen-bond donors (Lipinski definition) is 2. The number of amides is 2. The molecule has 10 nitrogen and oxygen atoms in total. The van der Waals surface area contributed by atoms with Crippen LogP contribution < -0.4 is 11.1 Å². The van der Waals surface area contributed by atoms with Crippen molar-refractivity contribution in [2.24, 2.45) is 5.73 Å². The Morgan fingerprint density at radius 2 is 1.85 bits per heavy atom. The third kappa shape index (κ3) is 5.11. The molecule has 1 atom stereocenters. The van der Waals surface area contributed by atoms with Crippen LogP contribution in [0.4, 0.5) is 4.39 Å². The van der Waals surface area contributed by atoms with Crippen molar-refractivity contribution in [3.63, 3.8) is 0 Å². The Kier molecular flexibility index (Phi) is 7.14. The predicted molar refractivity (Wildman–Crippen MR) is 137 cm³/mol. The molecule has 2 aromatic heterocycles. The van der Waals surface area contributed by atoms with Gasteiger partial charge >= 0.3 is 0 Å². The van der Waals surface area contributed by atoms with Gasteiger partial charge < -0.3 is 20.5 Å². The number of ether oxygens (including phenoxy) is 2. The lowest BCUT2D eigenvalue weighted by Gasteiger charge is -2.33. The van der Waals surface area contributed by atoms with Gasteiger partial charge in [0.1, 0.15) is 11.9 Å². The molecule has 0 radical (unpaired) electrons. The van der Waals surface area contributed by atoms with E-state index in [1.165, 1.54) is 29.2 Å². The summed E-state index contributed by atoms with van der Waals surface area (Å²) in [4.78, 5) is 30.6. The molecule has 1 aliphatic heterocycles. The molecular formula is C28H23FN6O4. The van der Waals surface area contributed by atoms with Crippen molar-refractivity contribution < 1.29 is 23.5 Å². The maximum absolute atomic E-state index is 14.3. The largest absolute Gasteiger partial charge is 0.365 e. The Morgan fingerprint density at radius 1 is 1.13 bits per heavy atom. The zero-order valence-electron chi connectivity index (χ0n) is 20.6. The average Bonchev–Trinajstić information content (AvgIpc) is 3.65. The molecule has 0 spiro atoms. The van der Waals surface area contributed by atoms with Crippen LogP contribution in [-0.4, -0.2) is 51.6 Å². The van der Waals surface area contributed by atoms with Crippen LogP contribution in [0, 0.1) is 17.1 Å². The molecule has 2 aromatic carbocycles. The molecular weight excluding hydrogens is 503 g/mol. The first-order chi connectivity index (χ1) is 18.9. The second-order valence-corrected chi connectivity index (χ2v) is 8.78. The molecule has 3 N–H and O–H groups in total. The molecule has 2 amide bonds. The minimum absolute atomic E-state index is 0.00656. The summed E-state index contributed by atoms with van der Waals surface area (Å²) in [7, 11) is 0. The fourth-order valence-corrected chi connectivity index (χ4v) is 4.43. The topological polar surface area (TPSA) is 145 Å². The van der Waals surface area contributed by atoms with Gasteiger partial charge in [0, 0.05) is 18.0 Å². The molecule has 1 aliphatic rings. The summed E-state index contributed by atoms with van der Waals surface area (Å²) < 4.78 is 27.0. The van der Waals surface area contributed by atoms with Crippen LogP contribution in [0.25, 0.3) is 17.1 Å². The standard InChI is InChI=1S/C28H23FN6O4/c29-22-9-5-4-8-20(22)23-10-11-35(34-23)25-21(14-19(16-30)17-32-25)26(36)33-24(15-18-6-2-1-3-7-18)28(27(31)37)38-12-13-39-28/h1-11,14,17,24H,12-13,15H2,(H2,31,37)(H,33,36). The summed E-state index contributed by atoms with van der Waals surface area (Å²) in [6.07, 6.45) is 2.99. The third-order valence-corrected chi connectivity index (χ3v) is 6.30. The van der Waals surface area contributed by atoms with Crippen molar-refractivity contribution in [1.82, 2.24) is 20.1 Å². The number of benzene rings is 2. The van der Waals surface area contributed by atoms with Crippen molar-refractivity contribution in [3.05, 3.63) is 102 Å². The van der Waals surface area contributed by atoms with Gasteiger partial charge in [0.05, 0.1) is 36.1 Å². The Hall–Kier alpha value is -4.92. The predicted octanol–water partition coefficient (Wildman–Crippen LogP) is 2.51. The van der Waals surface area contributed by atoms with Gasteiger partial charge in [0.25, 0.3) is 17.6 Å². The molecule has 1 unspecified atom stereocenters. The van der Waals surface area contributed by atoms with Gasteiger partial charge in [-0.2, -0.15) is 10.4 Å². The summed E-state index contributed by atoms with van der Waals surface area (Å²) in [5.74, 6) is -3.81. The van der Waals surface area contributed by atoms with Crippen LogP contribution in [0.3, 0.4) is 0 Å². The van der Waals surface area contributed by atoms with E-state index in [2.05, 4.69) is 15.4 Å². The number of nitrogens with zero attached hydrogens (tertiary/aromatic N) is 4. The van der Waals surface area contributed by atoms with Gasteiger partial charge in [0.2, 0.25) is 0 Å². The van der Waals surface area contributed by atoms with Crippen LogP contribution in [0.15, 0.2) is 79.1 Å². The zero-order chi connectivity index (χ0) is 27.4. The Bertz CT molecular complexity index is 1560. The second-order valence-electron chi connectivity index (χ2n) is 8.78. The minimum Gasteiger partial charge on any atom is -0.365 e. The second kappa shape index (κ2) is 10.8. The molecule has 0 saturated carbocycles. The van der Waals surface area contributed by atoms with E-state index in [-0.39, 0.29) is 42.1 Å². The maximum atomic E-state index is 14.3. The SMILES string of the molecule is N#Cc1cnc(-n2ccc(-c3ccccc3F)n2)c(C(=O)NC(Cc2ccccc2)C2(C(N)=O)OCCO2)c1. The zero-order valence-corrected chi connectivity index (χ0v) is 20.6. The van der Waals surface area contributed by atoms with Crippen LogP contribution in [-0.2, 0) is 20.7 Å². The Morgan fingerprint density at radius 3 is 2.54 bits per heavy atom. The Balaban J connectivity index is 1.52. The smallest absolute Gasteiger partial charge is 0.280 e. The summed E-state index contributed by atoms with van der Waals surface area (Å²) in [6.45, 7) is 0.236. The lowest BCUT2D eigenvalue weighted by Crippen LogP contribution is -2.61. The van der Waals surface area contributed by atoms with Crippen molar-refractivity contribution in [3.8, 4) is 23.1 Å². The summed E-state index contributed by atoms with van der Waals surface area (Å²) >= 11 is 0. The molecule has 3 heterocycles. The van der Waals surface area contributed by atoms with E-state index in [4.69, 9.17) is 15.2 Å². The Labute approximate surface area is 222 Å². The number of aromatic nitrogens is 3. The molecule has 1 saturated heterocycles. The molecule has 11 heteroatoms. The minimum atomic E-state index is -1.89. The number of nitrogens with one attached hydrogen (secondary N) is 1. The average molecular weight is 527 g/mol. The van der Waals surface area contributed by atoms with E-state index in [0.29, 0.717) is 5.69 Å². The number of primary amides is 1. The fraction of sp³-hybridized carbons (Fsp3) is 0.179. The first-order valence-corrected chi connectivity index (χ1v) is 12.0. The van der Waals surface area contributed by atoms with Gasteiger partial charge in [-0.05, 0) is 36.2 Å². The van der Waals surface area contributed by atoms with E-state index < -0.39 is 29.5 Å². The molecule has 0 bridgehead atoms. The lowest BCUT2D eigenvalue weighted by atomic mass is 9.97. The van der Waals surface area contributed by atoms with Crippen molar-refractivity contribution in [1.29, 1.82) is 5.26 Å². The van der Waals surface area contributed by atoms with Crippen molar-refractivity contribution in [2.75, 3.05) is 13.2 Å². The highest BCUT2D eigenvalue weighted by Crippen LogP contribution is 2.27. The van der Waals surface area contributed by atoms with Gasteiger partial charge in [-0.25, -0.2) is 14.1 Å². The molecule has 1 fully saturated rings. The number of rotatable bonds is 8. The van der Waals surface area contributed by atoms with E-state index in [0.717, 1.165) is 5.56 Å². The number of carbonyl (C=O) groups excluding carboxylic acids is 2. The van der Waals surface area contributed by atoms with E-state index in [1.54, 1.807) is 24.3 Å². The number of carbonyl (C=O) groups is 2. The van der Waals surface area contributed by atoms with E-state index in [9.17, 15) is 19.2 Å². The van der Waals surface area contributed by atoms with Crippen LogP contribution >= 0.6 is 0 Å². The number of pyridine rings is 1. The summed E-state index contributed by atoms with van der Waals surface area (Å²) in [5.41, 5.74) is 7.22. The number of hydrogen-bond acceptors (Lipinski definition) is 7. The lowest BCUT2D eigenvalue weighted by molar-refractivity contribution is -0.189. The van der Waals surface area contributed by atoms with E-state index >= 15 is 0 Å². The van der Waals surface area contributed by atoms with Crippen LogP contribution in [0.5, 0.6) is 0 Å². The number of halogens is 1. The first kappa shape index (κ1) is 25.7. The summed E-state index contributed by atoms with van der Waals surface area (Å²) in [5, 5.41) is 16.7. The van der Waals surface area contributed by atoms with Gasteiger partial charge in [-0.15, -0.1) is 0 Å². The van der Waals surface area contributed by atoms with Crippen LogP contribution in [0.1, 0.15) is 21.5 Å². The van der Waals surface area contributed by atoms with Gasteiger partial charge in [-0.3, -0.25) is 9.59 Å². The number of nitriles is 1. The summed E-state index contributed by atoms with van der Waals surface area (Å²) in [6, 6.07) is 19.2. The third-order valence-electron chi connectivity index (χ3n) is 6.30. The molecule has 39 heavy (non-hydrogen) atoms. The molecule has 4 aromatic rings. The van der Waals surface area contributed by atoms with Crippen molar-refractivity contribution >= 4 is 11.8 Å². The highest BCUT2D eigenvalue weighted by atomic mass is 19.1. The normalized spacial score (nSPS) is 14.9. The quantitative estimate of drug-likeness (QED) is 0.359. The monoisotopic (exact) mass is 526 g/mol. The van der Waals surface area contributed by atoms with Crippen LogP contribution in [0.2, 0.25) is 0 Å². The highest BCUT2D eigenvalue weighted by Gasteiger charge is 2.51.